The molecular weight excluding hydrogens is 338 g/mol. The van der Waals surface area contributed by atoms with Gasteiger partial charge in [-0.15, -0.1) is 5.10 Å². The van der Waals surface area contributed by atoms with Crippen molar-refractivity contribution in [1.29, 1.82) is 0 Å². The Morgan fingerprint density at radius 3 is 2.40 bits per heavy atom. The molecule has 1 fully saturated rings. The number of hydrogen-bond acceptors (Lipinski definition) is 5. The molecule has 7 heteroatoms. The Morgan fingerprint density at radius 1 is 1.08 bits per heavy atom. The van der Waals surface area contributed by atoms with Gasteiger partial charge in [-0.25, -0.2) is 0 Å². The normalized spacial score (nSPS) is 16.2. The Bertz CT molecular complexity index is 703. The van der Waals surface area contributed by atoms with Gasteiger partial charge in [-0.1, -0.05) is 6.42 Å². The summed E-state index contributed by atoms with van der Waals surface area (Å²) in [5.41, 5.74) is 0. The highest BCUT2D eigenvalue weighted by Gasteiger charge is 2.15. The first kappa shape index (κ1) is 17.9. The van der Waals surface area contributed by atoms with Crippen molar-refractivity contribution >= 4 is 12.2 Å². The lowest BCUT2D eigenvalue weighted by Gasteiger charge is -2.20. The lowest BCUT2D eigenvalue weighted by Crippen LogP contribution is -3.11. The molecule has 2 aromatic rings. The van der Waals surface area contributed by atoms with Crippen molar-refractivity contribution in [2.24, 2.45) is 0 Å². The highest BCUT2D eigenvalue weighted by atomic mass is 32.1. The summed E-state index contributed by atoms with van der Waals surface area (Å²) >= 11 is 5.31. The fourth-order valence-electron chi connectivity index (χ4n) is 3.10. The molecule has 0 spiro atoms. The number of aromatic nitrogens is 2. The van der Waals surface area contributed by atoms with Crippen molar-refractivity contribution in [3.8, 4) is 11.5 Å². The van der Waals surface area contributed by atoms with Gasteiger partial charge in [0.2, 0.25) is 0 Å². The number of ether oxygens (including phenoxy) is 2. The summed E-state index contributed by atoms with van der Waals surface area (Å²) in [7, 11) is 1.64. The van der Waals surface area contributed by atoms with Crippen LogP contribution in [0.1, 0.15) is 38.0 Å². The SMILES string of the molecule is COc1ccc(OCc2nn(C[NH+]3CCCCCCC3)c(=S)o2)cc1. The average Bonchev–Trinajstić information content (AvgIpc) is 2.95. The van der Waals surface area contributed by atoms with Gasteiger partial charge in [0, 0.05) is 0 Å². The maximum atomic E-state index is 5.71. The van der Waals surface area contributed by atoms with E-state index in [1.54, 1.807) is 11.8 Å². The monoisotopic (exact) mass is 364 g/mol. The van der Waals surface area contributed by atoms with E-state index < -0.39 is 0 Å². The van der Waals surface area contributed by atoms with Crippen LogP contribution in [0.3, 0.4) is 0 Å². The largest absolute Gasteiger partial charge is 0.497 e. The highest BCUT2D eigenvalue weighted by molar-refractivity contribution is 7.71. The molecule has 1 aromatic heterocycles. The lowest BCUT2D eigenvalue weighted by atomic mass is 10.1. The number of methoxy groups -OCH3 is 1. The smallest absolute Gasteiger partial charge is 0.291 e. The molecule has 0 saturated carbocycles. The summed E-state index contributed by atoms with van der Waals surface area (Å²) in [6.07, 6.45) is 6.56. The van der Waals surface area contributed by atoms with Crippen molar-refractivity contribution in [3.05, 3.63) is 35.0 Å². The average molecular weight is 364 g/mol. The molecule has 0 atom stereocenters. The molecule has 2 heterocycles. The van der Waals surface area contributed by atoms with E-state index in [0.717, 1.165) is 18.2 Å². The minimum Gasteiger partial charge on any atom is -0.497 e. The number of hydrogen-bond donors (Lipinski definition) is 1. The molecule has 25 heavy (non-hydrogen) atoms. The van der Waals surface area contributed by atoms with Crippen LogP contribution in [0.15, 0.2) is 28.7 Å². The molecule has 1 saturated heterocycles. The predicted molar refractivity (Wildman–Crippen MR) is 96.4 cm³/mol. The molecule has 0 unspecified atom stereocenters. The predicted octanol–water partition coefficient (Wildman–Crippen LogP) is 2.60. The summed E-state index contributed by atoms with van der Waals surface area (Å²) < 4.78 is 18.2. The summed E-state index contributed by atoms with van der Waals surface area (Å²) in [5, 5.41) is 4.48. The van der Waals surface area contributed by atoms with Crippen LogP contribution in [-0.4, -0.2) is 30.0 Å². The first-order chi connectivity index (χ1) is 12.2. The second kappa shape index (κ2) is 9.01. The summed E-state index contributed by atoms with van der Waals surface area (Å²) in [6, 6.07) is 7.42. The molecule has 1 aromatic carbocycles. The standard InChI is InChI=1S/C18H25N3O3S/c1-22-15-7-9-16(10-8-15)23-13-17-19-21(18(25)24-17)14-20-11-5-3-2-4-6-12-20/h7-10H,2-6,11-14H2,1H3/p+1. The molecule has 3 rings (SSSR count). The number of benzene rings is 1. The van der Waals surface area contributed by atoms with Crippen LogP contribution in [0.5, 0.6) is 11.5 Å². The van der Waals surface area contributed by atoms with Gasteiger partial charge < -0.3 is 18.8 Å². The van der Waals surface area contributed by atoms with Gasteiger partial charge in [0.15, 0.2) is 13.3 Å². The number of quaternary nitrogens is 1. The third-order valence-corrected chi connectivity index (χ3v) is 4.80. The van der Waals surface area contributed by atoms with Gasteiger partial charge in [0.1, 0.15) is 11.5 Å². The quantitative estimate of drug-likeness (QED) is 0.799. The third-order valence-electron chi connectivity index (χ3n) is 4.50. The molecule has 6 nitrogen and oxygen atoms in total. The minimum absolute atomic E-state index is 0.262. The van der Waals surface area contributed by atoms with Crippen LogP contribution in [-0.2, 0) is 13.3 Å². The zero-order chi connectivity index (χ0) is 17.5. The van der Waals surface area contributed by atoms with Crippen molar-refractivity contribution in [2.45, 2.75) is 45.4 Å². The first-order valence-electron chi connectivity index (χ1n) is 8.92. The van der Waals surface area contributed by atoms with Crippen LogP contribution in [0, 0.1) is 4.84 Å². The molecule has 0 aliphatic carbocycles. The van der Waals surface area contributed by atoms with E-state index >= 15 is 0 Å². The molecule has 0 radical (unpaired) electrons. The van der Waals surface area contributed by atoms with Crippen LogP contribution in [0.4, 0.5) is 0 Å². The molecule has 1 aliphatic heterocycles. The Hall–Kier alpha value is -1.86. The number of nitrogens with zero attached hydrogens (tertiary/aromatic N) is 2. The van der Waals surface area contributed by atoms with Gasteiger partial charge in [-0.05, 0) is 62.2 Å². The fourth-order valence-corrected chi connectivity index (χ4v) is 3.30. The number of rotatable bonds is 6. The summed E-state index contributed by atoms with van der Waals surface area (Å²) in [6.45, 7) is 3.38. The van der Waals surface area contributed by atoms with Crippen molar-refractivity contribution in [2.75, 3.05) is 20.2 Å². The zero-order valence-corrected chi connectivity index (χ0v) is 15.5. The van der Waals surface area contributed by atoms with Gasteiger partial charge in [0.05, 0.1) is 20.2 Å². The van der Waals surface area contributed by atoms with Gasteiger partial charge in [-0.3, -0.25) is 0 Å². The number of likely N-dealkylation sites (tertiary alicyclic amines) is 1. The Labute approximate surface area is 153 Å². The van der Waals surface area contributed by atoms with Crippen molar-refractivity contribution in [1.82, 2.24) is 9.78 Å². The second-order valence-corrected chi connectivity index (χ2v) is 6.75. The second-order valence-electron chi connectivity index (χ2n) is 6.40. The van der Waals surface area contributed by atoms with Gasteiger partial charge in [-0.2, -0.15) is 4.68 Å². The zero-order valence-electron chi connectivity index (χ0n) is 14.7. The fraction of sp³-hybridized carbons (Fsp3) is 0.556. The molecule has 0 bridgehead atoms. The minimum atomic E-state index is 0.262. The Morgan fingerprint density at radius 2 is 1.72 bits per heavy atom. The van der Waals surface area contributed by atoms with Gasteiger partial charge >= 0.3 is 0 Å². The molecule has 136 valence electrons. The molecule has 1 N–H and O–H groups in total. The molecular formula is C18H26N3O3S+. The molecule has 1 aliphatic rings. The number of nitrogens with one attached hydrogen (secondary N) is 1. The van der Waals surface area contributed by atoms with Crippen LogP contribution in [0.2, 0.25) is 0 Å². The summed E-state index contributed by atoms with van der Waals surface area (Å²) in [4.78, 5) is 1.94. The Kier molecular flexibility index (Phi) is 6.47. The van der Waals surface area contributed by atoms with E-state index in [2.05, 4.69) is 5.10 Å². The van der Waals surface area contributed by atoms with Crippen LogP contribution < -0.4 is 14.4 Å². The Balaban J connectivity index is 1.56. The van der Waals surface area contributed by atoms with E-state index in [0.29, 0.717) is 10.7 Å². The van der Waals surface area contributed by atoms with Crippen molar-refractivity contribution in [3.63, 3.8) is 0 Å². The maximum Gasteiger partial charge on any atom is 0.291 e. The summed E-state index contributed by atoms with van der Waals surface area (Å²) in [5.74, 6) is 2.04. The van der Waals surface area contributed by atoms with Gasteiger partial charge in [0.25, 0.3) is 10.7 Å². The van der Waals surface area contributed by atoms with E-state index in [1.807, 2.05) is 24.3 Å². The maximum absolute atomic E-state index is 5.71. The van der Waals surface area contributed by atoms with Crippen molar-refractivity contribution < 1.29 is 18.8 Å². The first-order valence-corrected chi connectivity index (χ1v) is 9.32. The highest BCUT2D eigenvalue weighted by Crippen LogP contribution is 2.18. The van der Waals surface area contributed by atoms with E-state index in [1.165, 1.54) is 50.1 Å². The molecule has 0 amide bonds. The van der Waals surface area contributed by atoms with E-state index in [-0.39, 0.29) is 6.61 Å². The topological polar surface area (TPSA) is 53.9 Å². The lowest BCUT2D eigenvalue weighted by molar-refractivity contribution is -0.924. The third kappa shape index (κ3) is 5.31. The van der Waals surface area contributed by atoms with Crippen LogP contribution in [0.25, 0.3) is 0 Å². The van der Waals surface area contributed by atoms with Crippen LogP contribution >= 0.6 is 12.2 Å². The van der Waals surface area contributed by atoms with E-state index in [9.17, 15) is 0 Å². The van der Waals surface area contributed by atoms with E-state index in [4.69, 9.17) is 26.1 Å².